The Hall–Kier alpha value is -0.570. The first-order valence-corrected chi connectivity index (χ1v) is 6.84. The zero-order valence-corrected chi connectivity index (χ0v) is 12.0. The smallest absolute Gasteiger partial charge is 0.222 e. The standard InChI is InChI=1S/C14H28N2O/c1-6-12-7-13(17)16(10-12)9-11(2)8-15-14(3,4)5/h11-12,15H,6-10H2,1-5H3. The molecule has 1 N–H and O–H groups in total. The lowest BCUT2D eigenvalue weighted by Gasteiger charge is -2.26. The van der Waals surface area contributed by atoms with E-state index < -0.39 is 0 Å². The fourth-order valence-electron chi connectivity index (χ4n) is 2.23. The molecule has 0 bridgehead atoms. The van der Waals surface area contributed by atoms with Gasteiger partial charge in [0, 0.05) is 25.0 Å². The van der Waals surface area contributed by atoms with Gasteiger partial charge in [0.15, 0.2) is 0 Å². The summed E-state index contributed by atoms with van der Waals surface area (Å²) in [5.41, 5.74) is 0.162. The van der Waals surface area contributed by atoms with Crippen LogP contribution in [0.1, 0.15) is 47.5 Å². The highest BCUT2D eigenvalue weighted by atomic mass is 16.2. The number of carbonyl (C=O) groups is 1. The van der Waals surface area contributed by atoms with E-state index >= 15 is 0 Å². The molecule has 1 heterocycles. The molecule has 1 rings (SSSR count). The summed E-state index contributed by atoms with van der Waals surface area (Å²) < 4.78 is 0. The van der Waals surface area contributed by atoms with Gasteiger partial charge in [-0.05, 0) is 39.2 Å². The molecule has 1 aliphatic rings. The molecule has 1 amide bonds. The molecule has 0 radical (unpaired) electrons. The van der Waals surface area contributed by atoms with Gasteiger partial charge in [-0.2, -0.15) is 0 Å². The minimum absolute atomic E-state index is 0.162. The molecule has 0 spiro atoms. The van der Waals surface area contributed by atoms with Gasteiger partial charge in [-0.1, -0.05) is 20.3 Å². The molecule has 17 heavy (non-hydrogen) atoms. The molecule has 3 heteroatoms. The Bertz CT molecular complexity index is 257. The normalized spacial score (nSPS) is 23.2. The lowest BCUT2D eigenvalue weighted by molar-refractivity contribution is -0.128. The molecule has 1 saturated heterocycles. The van der Waals surface area contributed by atoms with Crippen LogP contribution in [0.3, 0.4) is 0 Å². The largest absolute Gasteiger partial charge is 0.342 e. The first kappa shape index (κ1) is 14.5. The number of nitrogens with zero attached hydrogens (tertiary/aromatic N) is 1. The summed E-state index contributed by atoms with van der Waals surface area (Å²) in [5.74, 6) is 1.46. The maximum absolute atomic E-state index is 11.8. The van der Waals surface area contributed by atoms with Crippen molar-refractivity contribution >= 4 is 5.91 Å². The number of nitrogens with one attached hydrogen (secondary N) is 1. The average molecular weight is 240 g/mol. The van der Waals surface area contributed by atoms with Gasteiger partial charge < -0.3 is 10.2 Å². The van der Waals surface area contributed by atoms with Gasteiger partial charge in [-0.15, -0.1) is 0 Å². The predicted octanol–water partition coefficient (Wildman–Crippen LogP) is 2.27. The van der Waals surface area contributed by atoms with Crippen LogP contribution in [0, 0.1) is 11.8 Å². The van der Waals surface area contributed by atoms with Crippen molar-refractivity contribution < 1.29 is 4.79 Å². The number of rotatable bonds is 5. The Kier molecular flexibility index (Phi) is 4.99. The first-order chi connectivity index (χ1) is 7.81. The van der Waals surface area contributed by atoms with Crippen LogP contribution in [-0.4, -0.2) is 36.0 Å². The Balaban J connectivity index is 2.31. The average Bonchev–Trinajstić information content (AvgIpc) is 2.56. The van der Waals surface area contributed by atoms with E-state index in [-0.39, 0.29) is 5.54 Å². The van der Waals surface area contributed by atoms with E-state index in [9.17, 15) is 4.79 Å². The Morgan fingerprint density at radius 2 is 2.12 bits per heavy atom. The second-order valence-corrected chi connectivity index (χ2v) is 6.51. The minimum Gasteiger partial charge on any atom is -0.342 e. The van der Waals surface area contributed by atoms with Crippen LogP contribution in [0.15, 0.2) is 0 Å². The monoisotopic (exact) mass is 240 g/mol. The highest BCUT2D eigenvalue weighted by Crippen LogP contribution is 2.21. The zero-order valence-electron chi connectivity index (χ0n) is 12.0. The van der Waals surface area contributed by atoms with Crippen molar-refractivity contribution in [1.82, 2.24) is 10.2 Å². The van der Waals surface area contributed by atoms with Crippen molar-refractivity contribution in [3.05, 3.63) is 0 Å². The Morgan fingerprint density at radius 3 is 2.59 bits per heavy atom. The van der Waals surface area contributed by atoms with Crippen LogP contribution in [0.25, 0.3) is 0 Å². The quantitative estimate of drug-likeness (QED) is 0.799. The fraction of sp³-hybridized carbons (Fsp3) is 0.929. The summed E-state index contributed by atoms with van der Waals surface area (Å²) in [6, 6.07) is 0. The number of amides is 1. The highest BCUT2D eigenvalue weighted by molar-refractivity contribution is 5.78. The number of likely N-dealkylation sites (tertiary alicyclic amines) is 1. The van der Waals surface area contributed by atoms with Crippen LogP contribution in [0.2, 0.25) is 0 Å². The molecule has 100 valence electrons. The van der Waals surface area contributed by atoms with Crippen LogP contribution < -0.4 is 5.32 Å². The molecule has 0 aromatic carbocycles. The van der Waals surface area contributed by atoms with E-state index in [0.29, 0.717) is 17.7 Å². The van der Waals surface area contributed by atoms with E-state index in [2.05, 4.69) is 39.9 Å². The Labute approximate surface area is 106 Å². The lowest BCUT2D eigenvalue weighted by Crippen LogP contribution is -2.41. The Morgan fingerprint density at radius 1 is 1.47 bits per heavy atom. The van der Waals surface area contributed by atoms with Gasteiger partial charge in [0.1, 0.15) is 0 Å². The van der Waals surface area contributed by atoms with Crippen LogP contribution >= 0.6 is 0 Å². The maximum atomic E-state index is 11.8. The predicted molar refractivity (Wildman–Crippen MR) is 71.9 cm³/mol. The van der Waals surface area contributed by atoms with Gasteiger partial charge in [0.2, 0.25) is 5.91 Å². The molecular weight excluding hydrogens is 212 g/mol. The summed E-state index contributed by atoms with van der Waals surface area (Å²) in [6.45, 7) is 13.8. The van der Waals surface area contributed by atoms with Gasteiger partial charge in [-0.3, -0.25) is 4.79 Å². The van der Waals surface area contributed by atoms with Crippen LogP contribution in [0.4, 0.5) is 0 Å². The zero-order chi connectivity index (χ0) is 13.1. The number of carbonyl (C=O) groups excluding carboxylic acids is 1. The molecule has 0 aliphatic carbocycles. The van der Waals surface area contributed by atoms with Crippen molar-refractivity contribution in [2.75, 3.05) is 19.6 Å². The first-order valence-electron chi connectivity index (χ1n) is 6.84. The van der Waals surface area contributed by atoms with E-state index in [1.165, 1.54) is 0 Å². The van der Waals surface area contributed by atoms with E-state index in [4.69, 9.17) is 0 Å². The third kappa shape index (κ3) is 5.07. The maximum Gasteiger partial charge on any atom is 0.222 e. The van der Waals surface area contributed by atoms with Crippen LogP contribution in [-0.2, 0) is 4.79 Å². The molecule has 3 nitrogen and oxygen atoms in total. The van der Waals surface area contributed by atoms with Gasteiger partial charge in [0.25, 0.3) is 0 Å². The van der Waals surface area contributed by atoms with E-state index in [1.807, 2.05) is 4.90 Å². The number of hydrogen-bond acceptors (Lipinski definition) is 2. The molecule has 1 fully saturated rings. The van der Waals surface area contributed by atoms with Crippen molar-refractivity contribution in [2.24, 2.45) is 11.8 Å². The second-order valence-electron chi connectivity index (χ2n) is 6.51. The van der Waals surface area contributed by atoms with Gasteiger partial charge >= 0.3 is 0 Å². The molecule has 0 aromatic rings. The molecular formula is C14H28N2O. The van der Waals surface area contributed by atoms with Crippen molar-refractivity contribution in [2.45, 2.75) is 53.0 Å². The summed E-state index contributed by atoms with van der Waals surface area (Å²) in [6.07, 6.45) is 1.88. The third-order valence-electron chi connectivity index (χ3n) is 3.38. The van der Waals surface area contributed by atoms with E-state index in [0.717, 1.165) is 32.5 Å². The molecule has 2 atom stereocenters. The van der Waals surface area contributed by atoms with Crippen molar-refractivity contribution in [3.63, 3.8) is 0 Å². The van der Waals surface area contributed by atoms with E-state index in [1.54, 1.807) is 0 Å². The van der Waals surface area contributed by atoms with Crippen molar-refractivity contribution in [3.8, 4) is 0 Å². The minimum atomic E-state index is 0.162. The van der Waals surface area contributed by atoms with Crippen LogP contribution in [0.5, 0.6) is 0 Å². The molecule has 0 saturated carbocycles. The van der Waals surface area contributed by atoms with Crippen molar-refractivity contribution in [1.29, 1.82) is 0 Å². The number of hydrogen-bond donors (Lipinski definition) is 1. The SMILES string of the molecule is CCC1CC(=O)N(CC(C)CNC(C)(C)C)C1. The topological polar surface area (TPSA) is 32.3 Å². The molecule has 0 aromatic heterocycles. The molecule has 1 aliphatic heterocycles. The summed E-state index contributed by atoms with van der Waals surface area (Å²) >= 11 is 0. The third-order valence-corrected chi connectivity index (χ3v) is 3.38. The lowest BCUT2D eigenvalue weighted by atomic mass is 10.1. The van der Waals surface area contributed by atoms with Gasteiger partial charge in [0.05, 0.1) is 0 Å². The fourth-order valence-corrected chi connectivity index (χ4v) is 2.23. The molecule has 2 unspecified atom stereocenters. The van der Waals surface area contributed by atoms with Gasteiger partial charge in [-0.25, -0.2) is 0 Å². The second kappa shape index (κ2) is 5.85. The summed E-state index contributed by atoms with van der Waals surface area (Å²) in [7, 11) is 0. The summed E-state index contributed by atoms with van der Waals surface area (Å²) in [5, 5.41) is 3.50. The highest BCUT2D eigenvalue weighted by Gasteiger charge is 2.29. The summed E-state index contributed by atoms with van der Waals surface area (Å²) in [4.78, 5) is 13.8.